The number of benzene rings is 1. The normalized spacial score (nSPS) is 11.9. The molecule has 5 rings (SSSR count). The first kappa shape index (κ1) is 24.0. The summed E-state index contributed by atoms with van der Waals surface area (Å²) in [5.74, 6) is 1.10. The van der Waals surface area contributed by atoms with Crippen molar-refractivity contribution in [3.63, 3.8) is 0 Å². The van der Waals surface area contributed by atoms with Gasteiger partial charge in [-0.25, -0.2) is 9.67 Å². The zero-order chi connectivity index (χ0) is 25.1. The summed E-state index contributed by atoms with van der Waals surface area (Å²) < 4.78 is 13.5. The predicted octanol–water partition coefficient (Wildman–Crippen LogP) is 5.94. The first-order chi connectivity index (χ1) is 17.4. The summed E-state index contributed by atoms with van der Waals surface area (Å²) in [7, 11) is -1.13. The lowest BCUT2D eigenvalue weighted by atomic mass is 10.2. The number of anilines is 3. The molecule has 1 aromatic carbocycles. The van der Waals surface area contributed by atoms with Crippen LogP contribution in [-0.2, 0) is 18.0 Å². The quantitative estimate of drug-likeness (QED) is 0.179. The van der Waals surface area contributed by atoms with Gasteiger partial charge in [0.15, 0.2) is 11.4 Å². The highest BCUT2D eigenvalue weighted by molar-refractivity contribution is 6.76. The van der Waals surface area contributed by atoms with Gasteiger partial charge >= 0.3 is 0 Å². The van der Waals surface area contributed by atoms with E-state index in [2.05, 4.69) is 62.5 Å². The van der Waals surface area contributed by atoms with Crippen molar-refractivity contribution in [1.29, 1.82) is 0 Å². The molecule has 0 saturated carbocycles. The molecule has 0 bridgehead atoms. The third kappa shape index (κ3) is 5.55. The minimum absolute atomic E-state index is 0.429. The number of aryl methyl sites for hydroxylation is 1. The number of furan rings is 1. The molecule has 0 aliphatic carbocycles. The van der Waals surface area contributed by atoms with Gasteiger partial charge in [-0.3, -0.25) is 4.98 Å². The fourth-order valence-corrected chi connectivity index (χ4v) is 4.66. The Kier molecular flexibility index (Phi) is 6.71. The van der Waals surface area contributed by atoms with E-state index in [0.717, 1.165) is 46.0 Å². The first-order valence-corrected chi connectivity index (χ1v) is 15.8. The van der Waals surface area contributed by atoms with E-state index in [9.17, 15) is 0 Å². The fraction of sp³-hybridized carbons (Fsp3) is 0.308. The summed E-state index contributed by atoms with van der Waals surface area (Å²) in [4.78, 5) is 13.5. The molecule has 0 atom stereocenters. The van der Waals surface area contributed by atoms with Crippen LogP contribution < -0.4 is 10.6 Å². The number of nitrogens with zero attached hydrogens (tertiary/aromatic N) is 5. The summed E-state index contributed by atoms with van der Waals surface area (Å²) in [5, 5.41) is 12.5. The van der Waals surface area contributed by atoms with E-state index in [-0.39, 0.29) is 0 Å². The lowest BCUT2D eigenvalue weighted by Gasteiger charge is -2.15. The van der Waals surface area contributed by atoms with Gasteiger partial charge < -0.3 is 19.8 Å². The second kappa shape index (κ2) is 10.1. The van der Waals surface area contributed by atoms with E-state index < -0.39 is 8.07 Å². The molecule has 0 unspecified atom stereocenters. The van der Waals surface area contributed by atoms with Gasteiger partial charge in [0.25, 0.3) is 0 Å². The zero-order valence-electron chi connectivity index (χ0n) is 21.1. The number of pyridine rings is 1. The molecule has 0 aliphatic heterocycles. The number of aromatic nitrogens is 5. The van der Waals surface area contributed by atoms with Gasteiger partial charge in [0.1, 0.15) is 12.2 Å². The minimum atomic E-state index is -1.13. The molecular formula is C26H31N7O2Si. The van der Waals surface area contributed by atoms with Gasteiger partial charge in [0.2, 0.25) is 5.95 Å². The van der Waals surface area contributed by atoms with Gasteiger partial charge in [-0.1, -0.05) is 25.7 Å². The van der Waals surface area contributed by atoms with Crippen LogP contribution in [0.5, 0.6) is 0 Å². The maximum absolute atomic E-state index is 5.96. The smallest absolute Gasteiger partial charge is 0.229 e. The van der Waals surface area contributed by atoms with Crippen LogP contribution in [-0.4, -0.2) is 39.4 Å². The SMILES string of the molecule is Cc1nn(COCC[Si](C)(C)C)c2cc(Nc3nc(NCc4cccnc4)c4occc4n3)ccc12. The maximum Gasteiger partial charge on any atom is 0.229 e. The third-order valence-electron chi connectivity index (χ3n) is 5.89. The van der Waals surface area contributed by atoms with E-state index >= 15 is 0 Å². The molecule has 0 radical (unpaired) electrons. The number of nitrogens with one attached hydrogen (secondary N) is 2. The standard InChI is InChI=1S/C26H31N7O2Si/c1-18-21-8-7-20(14-23(21)33(32-18)17-34-12-13-36(2,3)4)29-26-30-22-9-11-35-24(22)25(31-26)28-16-19-6-5-10-27-15-19/h5-11,14-15H,12-13,16-17H2,1-4H3,(H2,28,29,30,31). The average molecular weight is 502 g/mol. The van der Waals surface area contributed by atoms with E-state index in [1.807, 2.05) is 42.1 Å². The predicted molar refractivity (Wildman–Crippen MR) is 145 cm³/mol. The van der Waals surface area contributed by atoms with Crippen LogP contribution >= 0.6 is 0 Å². The minimum Gasteiger partial charge on any atom is -0.459 e. The van der Waals surface area contributed by atoms with Crippen molar-refractivity contribution in [1.82, 2.24) is 24.7 Å². The topological polar surface area (TPSA) is 103 Å². The maximum atomic E-state index is 5.96. The van der Waals surface area contributed by atoms with E-state index in [1.165, 1.54) is 0 Å². The Morgan fingerprint density at radius 1 is 1.11 bits per heavy atom. The monoisotopic (exact) mass is 501 g/mol. The van der Waals surface area contributed by atoms with Crippen molar-refractivity contribution < 1.29 is 9.15 Å². The molecule has 10 heteroatoms. The Labute approximate surface area is 210 Å². The Bertz CT molecular complexity index is 1470. The number of hydrogen-bond donors (Lipinski definition) is 2. The van der Waals surface area contributed by atoms with Crippen LogP contribution in [0, 0.1) is 6.92 Å². The highest BCUT2D eigenvalue weighted by Gasteiger charge is 2.14. The van der Waals surface area contributed by atoms with Gasteiger partial charge in [-0.2, -0.15) is 10.1 Å². The van der Waals surface area contributed by atoms with Crippen LogP contribution in [0.15, 0.2) is 59.5 Å². The Morgan fingerprint density at radius 3 is 2.81 bits per heavy atom. The van der Waals surface area contributed by atoms with E-state index in [4.69, 9.17) is 9.15 Å². The number of hydrogen-bond acceptors (Lipinski definition) is 8. The first-order valence-electron chi connectivity index (χ1n) is 12.1. The molecule has 186 valence electrons. The average Bonchev–Trinajstić information content (AvgIpc) is 3.45. The lowest BCUT2D eigenvalue weighted by Crippen LogP contribution is -2.22. The summed E-state index contributed by atoms with van der Waals surface area (Å²) in [6, 6.07) is 13.0. The molecule has 0 fully saturated rings. The largest absolute Gasteiger partial charge is 0.459 e. The lowest BCUT2D eigenvalue weighted by molar-refractivity contribution is 0.0815. The van der Waals surface area contributed by atoms with E-state index in [0.29, 0.717) is 30.6 Å². The van der Waals surface area contributed by atoms with Crippen molar-refractivity contribution >= 4 is 47.5 Å². The van der Waals surface area contributed by atoms with Crippen LogP contribution in [0.4, 0.5) is 17.5 Å². The van der Waals surface area contributed by atoms with Crippen LogP contribution in [0.1, 0.15) is 11.3 Å². The van der Waals surface area contributed by atoms with Crippen molar-refractivity contribution in [2.75, 3.05) is 17.2 Å². The van der Waals surface area contributed by atoms with Crippen molar-refractivity contribution in [3.05, 3.63) is 66.3 Å². The third-order valence-corrected chi connectivity index (χ3v) is 7.59. The van der Waals surface area contributed by atoms with E-state index in [1.54, 1.807) is 12.5 Å². The molecule has 4 aromatic heterocycles. The highest BCUT2D eigenvalue weighted by Crippen LogP contribution is 2.27. The van der Waals surface area contributed by atoms with Crippen LogP contribution in [0.25, 0.3) is 22.0 Å². The van der Waals surface area contributed by atoms with Crippen LogP contribution in [0.2, 0.25) is 25.7 Å². The fourth-order valence-electron chi connectivity index (χ4n) is 3.90. The summed E-state index contributed by atoms with van der Waals surface area (Å²) in [6.07, 6.45) is 5.19. The van der Waals surface area contributed by atoms with Gasteiger partial charge in [0.05, 0.1) is 17.5 Å². The molecule has 0 amide bonds. The van der Waals surface area contributed by atoms with Crippen molar-refractivity contribution in [3.8, 4) is 0 Å². The number of rotatable bonds is 10. The zero-order valence-corrected chi connectivity index (χ0v) is 22.1. The molecule has 2 N–H and O–H groups in total. The second-order valence-corrected chi connectivity index (χ2v) is 15.7. The van der Waals surface area contributed by atoms with Gasteiger partial charge in [0, 0.05) is 50.8 Å². The number of fused-ring (bicyclic) bond motifs is 2. The molecular weight excluding hydrogens is 470 g/mol. The molecule has 9 nitrogen and oxygen atoms in total. The second-order valence-electron chi connectivity index (χ2n) is 10.0. The summed E-state index contributed by atoms with van der Waals surface area (Å²) in [5.41, 5.74) is 5.23. The molecule has 0 aliphatic rings. The van der Waals surface area contributed by atoms with Crippen molar-refractivity contribution in [2.24, 2.45) is 0 Å². The Balaban J connectivity index is 1.36. The molecule has 36 heavy (non-hydrogen) atoms. The number of ether oxygens (including phenoxy) is 1. The molecule has 4 heterocycles. The summed E-state index contributed by atoms with van der Waals surface area (Å²) in [6.45, 7) is 10.8. The summed E-state index contributed by atoms with van der Waals surface area (Å²) >= 11 is 0. The van der Waals surface area contributed by atoms with Gasteiger partial charge in [-0.05, 0) is 42.8 Å². The molecule has 5 aromatic rings. The highest BCUT2D eigenvalue weighted by atomic mass is 28.3. The van der Waals surface area contributed by atoms with Crippen molar-refractivity contribution in [2.45, 2.75) is 45.9 Å². The van der Waals surface area contributed by atoms with Gasteiger partial charge in [-0.15, -0.1) is 0 Å². The molecule has 0 spiro atoms. The Hall–Kier alpha value is -3.76. The molecule has 0 saturated heterocycles. The van der Waals surface area contributed by atoms with Crippen LogP contribution in [0.3, 0.4) is 0 Å². The Morgan fingerprint density at radius 2 is 2.00 bits per heavy atom.